The molecule has 0 aromatic carbocycles. The van der Waals surface area contributed by atoms with Crippen molar-refractivity contribution in [2.24, 2.45) is 0 Å². The van der Waals surface area contributed by atoms with Gasteiger partial charge in [-0.25, -0.2) is 0 Å². The number of nitrogens with zero attached hydrogens (tertiary/aromatic N) is 2. The second-order valence-electron chi connectivity index (χ2n) is 7.10. The zero-order valence-corrected chi connectivity index (χ0v) is 13.4. The molecule has 2 heterocycles. The van der Waals surface area contributed by atoms with Gasteiger partial charge >= 0.3 is 0 Å². The number of hydrogen-bond acceptors (Lipinski definition) is 3. The van der Waals surface area contributed by atoms with Gasteiger partial charge < -0.3 is 10.2 Å². The lowest BCUT2D eigenvalue weighted by Gasteiger charge is -2.32. The molecule has 1 amide bonds. The normalized spacial score (nSPS) is 27.7. The van der Waals surface area contributed by atoms with Crippen LogP contribution in [0.3, 0.4) is 0 Å². The van der Waals surface area contributed by atoms with Crippen molar-refractivity contribution in [1.29, 1.82) is 0 Å². The molecule has 0 radical (unpaired) electrons. The predicted molar refractivity (Wildman–Crippen MR) is 85.3 cm³/mol. The van der Waals surface area contributed by atoms with Gasteiger partial charge in [0.2, 0.25) is 5.91 Å². The maximum atomic E-state index is 12.6. The molecule has 0 aromatic heterocycles. The highest BCUT2D eigenvalue weighted by molar-refractivity contribution is 5.78. The first-order chi connectivity index (χ1) is 10.3. The summed E-state index contributed by atoms with van der Waals surface area (Å²) in [5, 5.41) is 3.63. The van der Waals surface area contributed by atoms with E-state index in [1.165, 1.54) is 57.8 Å². The Labute approximate surface area is 129 Å². The number of carbonyl (C=O) groups is 1. The Hall–Kier alpha value is -0.610. The molecule has 120 valence electrons. The first-order valence-corrected chi connectivity index (χ1v) is 9.08. The second kappa shape index (κ2) is 7.59. The smallest absolute Gasteiger partial charge is 0.236 e. The Morgan fingerprint density at radius 3 is 2.38 bits per heavy atom. The molecule has 4 nitrogen and oxygen atoms in total. The van der Waals surface area contributed by atoms with Gasteiger partial charge in [-0.1, -0.05) is 19.3 Å². The van der Waals surface area contributed by atoms with Gasteiger partial charge in [0.05, 0.1) is 6.54 Å². The number of carbonyl (C=O) groups excluding carboxylic acids is 1. The van der Waals surface area contributed by atoms with Gasteiger partial charge in [0.25, 0.3) is 0 Å². The molecule has 0 bridgehead atoms. The summed E-state index contributed by atoms with van der Waals surface area (Å²) in [5.41, 5.74) is 0. The van der Waals surface area contributed by atoms with Gasteiger partial charge in [-0.05, 0) is 45.1 Å². The summed E-state index contributed by atoms with van der Waals surface area (Å²) in [7, 11) is 0. The Kier molecular flexibility index (Phi) is 5.53. The summed E-state index contributed by atoms with van der Waals surface area (Å²) in [6, 6.07) is 1.29. The maximum absolute atomic E-state index is 12.6. The lowest BCUT2D eigenvalue weighted by atomic mass is 10.0. The molecule has 3 rings (SSSR count). The lowest BCUT2D eigenvalue weighted by molar-refractivity contribution is -0.132. The summed E-state index contributed by atoms with van der Waals surface area (Å²) in [5.74, 6) is 0.375. The van der Waals surface area contributed by atoms with Crippen LogP contribution in [-0.2, 0) is 4.79 Å². The molecule has 3 aliphatic rings. The first-order valence-electron chi connectivity index (χ1n) is 9.08. The van der Waals surface area contributed by atoms with Crippen LogP contribution in [-0.4, -0.2) is 60.5 Å². The van der Waals surface area contributed by atoms with Gasteiger partial charge in [0, 0.05) is 31.7 Å². The van der Waals surface area contributed by atoms with Crippen LogP contribution < -0.4 is 5.32 Å². The molecule has 0 spiro atoms. The van der Waals surface area contributed by atoms with E-state index in [9.17, 15) is 4.79 Å². The fourth-order valence-electron chi connectivity index (χ4n) is 3.74. The minimum atomic E-state index is 0.375. The molecule has 1 N–H and O–H groups in total. The molecule has 21 heavy (non-hydrogen) atoms. The summed E-state index contributed by atoms with van der Waals surface area (Å²) in [6.45, 7) is 4.86. The SMILES string of the molecule is O=C(CN(CC1CCCCN1)C1CC1)N1CCCCCC1. The summed E-state index contributed by atoms with van der Waals surface area (Å²) in [4.78, 5) is 17.2. The highest BCUT2D eigenvalue weighted by Gasteiger charge is 2.33. The number of nitrogens with one attached hydrogen (secondary N) is 1. The molecule has 1 atom stereocenters. The van der Waals surface area contributed by atoms with E-state index in [0.29, 0.717) is 24.5 Å². The van der Waals surface area contributed by atoms with Crippen molar-refractivity contribution in [3.63, 3.8) is 0 Å². The lowest BCUT2D eigenvalue weighted by Crippen LogP contribution is -2.48. The van der Waals surface area contributed by atoms with E-state index in [0.717, 1.165) is 26.2 Å². The van der Waals surface area contributed by atoms with E-state index in [-0.39, 0.29) is 0 Å². The fraction of sp³-hybridized carbons (Fsp3) is 0.941. The van der Waals surface area contributed by atoms with E-state index in [2.05, 4.69) is 15.1 Å². The maximum Gasteiger partial charge on any atom is 0.236 e. The number of rotatable bonds is 5. The van der Waals surface area contributed by atoms with Crippen LogP contribution in [0.15, 0.2) is 0 Å². The van der Waals surface area contributed by atoms with Crippen molar-refractivity contribution in [3.05, 3.63) is 0 Å². The Morgan fingerprint density at radius 2 is 1.76 bits per heavy atom. The van der Waals surface area contributed by atoms with Crippen LogP contribution in [0.2, 0.25) is 0 Å². The zero-order valence-electron chi connectivity index (χ0n) is 13.4. The largest absolute Gasteiger partial charge is 0.342 e. The van der Waals surface area contributed by atoms with Crippen LogP contribution in [0, 0.1) is 0 Å². The molecule has 4 heteroatoms. The fourth-order valence-corrected chi connectivity index (χ4v) is 3.74. The van der Waals surface area contributed by atoms with Crippen molar-refractivity contribution in [2.45, 2.75) is 69.9 Å². The van der Waals surface area contributed by atoms with Gasteiger partial charge in [0.15, 0.2) is 0 Å². The molecule has 1 aliphatic carbocycles. The minimum Gasteiger partial charge on any atom is -0.342 e. The molecular formula is C17H31N3O. The van der Waals surface area contributed by atoms with E-state index >= 15 is 0 Å². The third-order valence-electron chi connectivity index (χ3n) is 5.23. The van der Waals surface area contributed by atoms with Crippen LogP contribution in [0.25, 0.3) is 0 Å². The average Bonchev–Trinajstić information content (AvgIpc) is 3.34. The van der Waals surface area contributed by atoms with Gasteiger partial charge in [-0.2, -0.15) is 0 Å². The standard InChI is InChI=1S/C17H31N3O/c21-17(19-11-5-1-2-6-12-19)14-20(16-8-9-16)13-15-7-3-4-10-18-15/h15-16,18H,1-14H2. The molecular weight excluding hydrogens is 262 g/mol. The van der Waals surface area contributed by atoms with E-state index in [4.69, 9.17) is 0 Å². The molecule has 1 unspecified atom stereocenters. The van der Waals surface area contributed by atoms with Crippen molar-refractivity contribution in [3.8, 4) is 0 Å². The highest BCUT2D eigenvalue weighted by atomic mass is 16.2. The van der Waals surface area contributed by atoms with Gasteiger partial charge in [-0.15, -0.1) is 0 Å². The monoisotopic (exact) mass is 293 g/mol. The van der Waals surface area contributed by atoms with Crippen LogP contribution in [0.1, 0.15) is 57.8 Å². The minimum absolute atomic E-state index is 0.375. The Bertz CT molecular complexity index is 329. The summed E-state index contributed by atoms with van der Waals surface area (Å²) >= 11 is 0. The molecule has 2 saturated heterocycles. The molecule has 3 fully saturated rings. The molecule has 2 aliphatic heterocycles. The molecule has 0 aromatic rings. The van der Waals surface area contributed by atoms with Crippen molar-refractivity contribution < 1.29 is 4.79 Å². The third kappa shape index (κ3) is 4.68. The van der Waals surface area contributed by atoms with Crippen LogP contribution in [0.5, 0.6) is 0 Å². The number of amides is 1. The quantitative estimate of drug-likeness (QED) is 0.842. The van der Waals surface area contributed by atoms with Crippen molar-refractivity contribution in [1.82, 2.24) is 15.1 Å². The van der Waals surface area contributed by atoms with E-state index in [1.54, 1.807) is 0 Å². The summed E-state index contributed by atoms with van der Waals surface area (Å²) in [6.07, 6.45) is 11.5. The van der Waals surface area contributed by atoms with E-state index < -0.39 is 0 Å². The predicted octanol–water partition coefficient (Wildman–Crippen LogP) is 2.00. The Balaban J connectivity index is 1.50. The molecule has 1 saturated carbocycles. The zero-order chi connectivity index (χ0) is 14.5. The van der Waals surface area contributed by atoms with Crippen molar-refractivity contribution in [2.75, 3.05) is 32.7 Å². The van der Waals surface area contributed by atoms with Crippen LogP contribution >= 0.6 is 0 Å². The third-order valence-corrected chi connectivity index (χ3v) is 5.23. The van der Waals surface area contributed by atoms with Crippen LogP contribution in [0.4, 0.5) is 0 Å². The topological polar surface area (TPSA) is 35.6 Å². The number of likely N-dealkylation sites (tertiary alicyclic amines) is 1. The van der Waals surface area contributed by atoms with Crippen molar-refractivity contribution >= 4 is 5.91 Å². The summed E-state index contributed by atoms with van der Waals surface area (Å²) < 4.78 is 0. The second-order valence-corrected chi connectivity index (χ2v) is 7.10. The average molecular weight is 293 g/mol. The number of piperidine rings is 1. The first kappa shape index (κ1) is 15.3. The van der Waals surface area contributed by atoms with Gasteiger partial charge in [0.1, 0.15) is 0 Å². The Morgan fingerprint density at radius 1 is 1.00 bits per heavy atom. The highest BCUT2D eigenvalue weighted by Crippen LogP contribution is 2.27. The van der Waals surface area contributed by atoms with Gasteiger partial charge in [-0.3, -0.25) is 9.69 Å². The number of hydrogen-bond donors (Lipinski definition) is 1. The van der Waals surface area contributed by atoms with E-state index in [1.807, 2.05) is 0 Å².